The van der Waals surface area contributed by atoms with E-state index in [9.17, 15) is 4.79 Å². The lowest BCUT2D eigenvalue weighted by Gasteiger charge is -2.06. The van der Waals surface area contributed by atoms with Crippen LogP contribution in [0.1, 0.15) is 16.8 Å². The van der Waals surface area contributed by atoms with Crippen LogP contribution >= 0.6 is 0 Å². The second-order valence-corrected chi connectivity index (χ2v) is 6.49. The van der Waals surface area contributed by atoms with E-state index in [1.807, 2.05) is 61.1 Å². The molecule has 0 fully saturated rings. The Labute approximate surface area is 156 Å². The maximum Gasteiger partial charge on any atom is 0.242 e. The number of nitrogens with zero attached hydrogens (tertiary/aromatic N) is 5. The Morgan fingerprint density at radius 3 is 2.74 bits per heavy atom. The van der Waals surface area contributed by atoms with E-state index in [0.29, 0.717) is 12.2 Å². The molecule has 0 aliphatic rings. The van der Waals surface area contributed by atoms with Crippen molar-refractivity contribution in [3.8, 4) is 5.82 Å². The van der Waals surface area contributed by atoms with Crippen LogP contribution in [0.25, 0.3) is 16.9 Å². The first-order chi connectivity index (χ1) is 13.1. The Bertz CT molecular complexity index is 1080. The van der Waals surface area contributed by atoms with Gasteiger partial charge in [-0.05, 0) is 49.2 Å². The molecule has 0 unspecified atom stereocenters. The van der Waals surface area contributed by atoms with Crippen LogP contribution in [0.3, 0.4) is 0 Å². The fourth-order valence-corrected chi connectivity index (χ4v) is 3.15. The number of aryl methyl sites for hydroxylation is 2. The van der Waals surface area contributed by atoms with E-state index in [1.54, 1.807) is 17.1 Å². The molecule has 0 aliphatic carbocycles. The van der Waals surface area contributed by atoms with Crippen LogP contribution in [0.2, 0.25) is 0 Å². The summed E-state index contributed by atoms with van der Waals surface area (Å²) in [6.45, 7) is 4.52. The zero-order valence-electron chi connectivity index (χ0n) is 15.3. The predicted octanol–water partition coefficient (Wildman–Crippen LogP) is 2.55. The Hall–Kier alpha value is -3.48. The number of hydrogen-bond donors (Lipinski definition) is 1. The van der Waals surface area contributed by atoms with Crippen LogP contribution in [-0.4, -0.2) is 30.2 Å². The first-order valence-electron chi connectivity index (χ1n) is 8.75. The Kier molecular flexibility index (Phi) is 4.42. The van der Waals surface area contributed by atoms with Crippen molar-refractivity contribution in [1.82, 2.24) is 29.6 Å². The number of fused-ring (bicyclic) bond motifs is 1. The van der Waals surface area contributed by atoms with Crippen LogP contribution in [-0.2, 0) is 17.9 Å². The highest BCUT2D eigenvalue weighted by molar-refractivity contribution is 5.88. The molecule has 0 saturated carbocycles. The molecule has 4 aromatic heterocycles. The first kappa shape index (κ1) is 17.0. The van der Waals surface area contributed by atoms with Gasteiger partial charge in [0.25, 0.3) is 0 Å². The molecule has 0 aliphatic heterocycles. The van der Waals surface area contributed by atoms with Crippen molar-refractivity contribution in [2.45, 2.75) is 26.9 Å². The molecule has 0 bridgehead atoms. The molecule has 0 aromatic carbocycles. The van der Waals surface area contributed by atoms with E-state index in [1.165, 1.54) is 0 Å². The summed E-state index contributed by atoms with van der Waals surface area (Å²) < 4.78 is 3.61. The summed E-state index contributed by atoms with van der Waals surface area (Å²) in [4.78, 5) is 21.2. The van der Waals surface area contributed by atoms with Gasteiger partial charge in [0, 0.05) is 37.0 Å². The highest BCUT2D eigenvalue weighted by Gasteiger charge is 2.17. The van der Waals surface area contributed by atoms with E-state index in [-0.39, 0.29) is 12.5 Å². The van der Waals surface area contributed by atoms with Gasteiger partial charge >= 0.3 is 0 Å². The molecule has 4 rings (SSSR count). The van der Waals surface area contributed by atoms with Crippen molar-refractivity contribution in [2.24, 2.45) is 0 Å². The number of carbonyl (C=O) groups excluding carboxylic acids is 1. The van der Waals surface area contributed by atoms with Crippen molar-refractivity contribution in [1.29, 1.82) is 0 Å². The van der Waals surface area contributed by atoms with Gasteiger partial charge in [0.15, 0.2) is 11.5 Å². The van der Waals surface area contributed by atoms with Crippen molar-refractivity contribution in [3.05, 3.63) is 71.9 Å². The second-order valence-electron chi connectivity index (χ2n) is 6.49. The highest BCUT2D eigenvalue weighted by atomic mass is 16.2. The van der Waals surface area contributed by atoms with Gasteiger partial charge in [-0.1, -0.05) is 6.07 Å². The summed E-state index contributed by atoms with van der Waals surface area (Å²) in [7, 11) is 0. The number of hydrogen-bond acceptors (Lipinski definition) is 4. The zero-order valence-corrected chi connectivity index (χ0v) is 15.3. The molecular weight excluding hydrogens is 340 g/mol. The fourth-order valence-electron chi connectivity index (χ4n) is 3.15. The standard InChI is InChI=1S/C20H20N6O/c1-14-10-15(2)23-19-18(14)20(25-8-3-4-9-25)24-26(19)13-17(27)22-12-16-6-5-7-21-11-16/h3-11H,12-13H2,1-2H3,(H,22,27). The number of amides is 1. The van der Waals surface area contributed by atoms with Crippen LogP contribution in [0.4, 0.5) is 0 Å². The lowest BCUT2D eigenvalue weighted by atomic mass is 10.2. The maximum absolute atomic E-state index is 12.5. The van der Waals surface area contributed by atoms with Crippen LogP contribution in [0.5, 0.6) is 0 Å². The smallest absolute Gasteiger partial charge is 0.242 e. The minimum atomic E-state index is -0.122. The molecule has 0 saturated heterocycles. The van der Waals surface area contributed by atoms with Gasteiger partial charge in [0.2, 0.25) is 5.91 Å². The molecule has 1 N–H and O–H groups in total. The van der Waals surface area contributed by atoms with Crippen molar-refractivity contribution < 1.29 is 4.79 Å². The Morgan fingerprint density at radius 1 is 1.19 bits per heavy atom. The van der Waals surface area contributed by atoms with Gasteiger partial charge in [0.1, 0.15) is 6.54 Å². The number of rotatable bonds is 5. The average molecular weight is 360 g/mol. The molecule has 0 atom stereocenters. The molecule has 1 amide bonds. The molecule has 136 valence electrons. The van der Waals surface area contributed by atoms with Crippen molar-refractivity contribution >= 4 is 16.9 Å². The minimum absolute atomic E-state index is 0.105. The number of carbonyl (C=O) groups is 1. The van der Waals surface area contributed by atoms with Crippen LogP contribution < -0.4 is 5.32 Å². The number of pyridine rings is 2. The summed E-state index contributed by atoms with van der Waals surface area (Å²) in [5, 5.41) is 8.54. The largest absolute Gasteiger partial charge is 0.350 e. The fraction of sp³-hybridized carbons (Fsp3) is 0.200. The molecule has 7 nitrogen and oxygen atoms in total. The van der Waals surface area contributed by atoms with Gasteiger partial charge in [-0.2, -0.15) is 5.10 Å². The molecular formula is C20H20N6O. The summed E-state index contributed by atoms with van der Waals surface area (Å²) in [6.07, 6.45) is 7.32. The number of aromatic nitrogens is 5. The summed E-state index contributed by atoms with van der Waals surface area (Å²) in [6, 6.07) is 9.70. The Morgan fingerprint density at radius 2 is 2.00 bits per heavy atom. The number of nitrogens with one attached hydrogen (secondary N) is 1. The lowest BCUT2D eigenvalue weighted by Crippen LogP contribution is -2.27. The third-order valence-electron chi connectivity index (χ3n) is 4.36. The van der Waals surface area contributed by atoms with E-state index >= 15 is 0 Å². The molecule has 4 aromatic rings. The molecule has 27 heavy (non-hydrogen) atoms. The van der Waals surface area contributed by atoms with Gasteiger partial charge in [0.05, 0.1) is 5.39 Å². The third kappa shape index (κ3) is 3.44. The monoisotopic (exact) mass is 360 g/mol. The van der Waals surface area contributed by atoms with Crippen molar-refractivity contribution in [2.75, 3.05) is 0 Å². The summed E-state index contributed by atoms with van der Waals surface area (Å²) in [5.41, 5.74) is 3.65. The van der Waals surface area contributed by atoms with E-state index in [4.69, 9.17) is 0 Å². The van der Waals surface area contributed by atoms with Gasteiger partial charge in [-0.25, -0.2) is 9.67 Å². The van der Waals surface area contributed by atoms with E-state index in [0.717, 1.165) is 28.0 Å². The minimum Gasteiger partial charge on any atom is -0.350 e. The van der Waals surface area contributed by atoms with E-state index < -0.39 is 0 Å². The van der Waals surface area contributed by atoms with Gasteiger partial charge in [-0.15, -0.1) is 0 Å². The molecule has 0 radical (unpaired) electrons. The van der Waals surface area contributed by atoms with Gasteiger partial charge in [-0.3, -0.25) is 9.78 Å². The zero-order chi connectivity index (χ0) is 18.8. The Balaban J connectivity index is 1.64. The molecule has 7 heteroatoms. The highest BCUT2D eigenvalue weighted by Crippen LogP contribution is 2.25. The van der Waals surface area contributed by atoms with Crippen molar-refractivity contribution in [3.63, 3.8) is 0 Å². The average Bonchev–Trinajstić information content (AvgIpc) is 3.29. The molecule has 4 heterocycles. The van der Waals surface area contributed by atoms with Crippen LogP contribution in [0, 0.1) is 13.8 Å². The predicted molar refractivity (Wildman–Crippen MR) is 102 cm³/mol. The topological polar surface area (TPSA) is 77.6 Å². The maximum atomic E-state index is 12.5. The summed E-state index contributed by atoms with van der Waals surface area (Å²) in [5.74, 6) is 0.656. The summed E-state index contributed by atoms with van der Waals surface area (Å²) >= 11 is 0. The second kappa shape index (κ2) is 7.03. The normalized spacial score (nSPS) is 11.0. The SMILES string of the molecule is Cc1cc(C)c2c(-n3cccc3)nn(CC(=O)NCc3cccnc3)c2n1. The first-order valence-corrected chi connectivity index (χ1v) is 8.75. The van der Waals surface area contributed by atoms with Crippen LogP contribution in [0.15, 0.2) is 55.1 Å². The lowest BCUT2D eigenvalue weighted by molar-refractivity contribution is -0.121. The van der Waals surface area contributed by atoms with Gasteiger partial charge < -0.3 is 9.88 Å². The van der Waals surface area contributed by atoms with E-state index in [2.05, 4.69) is 20.4 Å². The quantitative estimate of drug-likeness (QED) is 0.593. The third-order valence-corrected chi connectivity index (χ3v) is 4.36. The molecule has 0 spiro atoms.